The summed E-state index contributed by atoms with van der Waals surface area (Å²) in [6, 6.07) is 3.81. The zero-order valence-corrected chi connectivity index (χ0v) is 15.0. The standard InChI is InChI=1S/C16H22FN3O4S/c1-11(19-25(23,24)15-6-4-3-5-14(15)17)16(22)18-13-7-9-20(10-8-13)12(2)21/h3-6,11,13,19H,7-10H2,1-2H3,(H,18,22)/t11-/m0/s1. The van der Waals surface area contributed by atoms with Crippen LogP contribution < -0.4 is 10.0 Å². The Kier molecular flexibility index (Phi) is 6.12. The third-order valence-electron chi connectivity index (χ3n) is 4.14. The number of hydrogen-bond acceptors (Lipinski definition) is 4. The van der Waals surface area contributed by atoms with Crippen LogP contribution in [-0.4, -0.2) is 50.3 Å². The minimum absolute atomic E-state index is 0.00390. The lowest BCUT2D eigenvalue weighted by molar-refractivity contribution is -0.130. The van der Waals surface area contributed by atoms with Crippen molar-refractivity contribution >= 4 is 21.8 Å². The first kappa shape index (κ1) is 19.3. The number of hydrogen-bond donors (Lipinski definition) is 2. The van der Waals surface area contributed by atoms with Gasteiger partial charge in [0.25, 0.3) is 0 Å². The van der Waals surface area contributed by atoms with E-state index in [0.29, 0.717) is 25.9 Å². The fourth-order valence-electron chi connectivity index (χ4n) is 2.68. The van der Waals surface area contributed by atoms with Crippen molar-refractivity contribution < 1.29 is 22.4 Å². The first-order valence-electron chi connectivity index (χ1n) is 8.03. The predicted molar refractivity (Wildman–Crippen MR) is 89.6 cm³/mol. The number of nitrogens with one attached hydrogen (secondary N) is 2. The third kappa shape index (κ3) is 4.99. The molecule has 0 spiro atoms. The predicted octanol–water partition coefficient (Wildman–Crippen LogP) is 0.620. The summed E-state index contributed by atoms with van der Waals surface area (Å²) in [5.41, 5.74) is 0. The molecule has 0 saturated carbocycles. The number of likely N-dealkylation sites (tertiary alicyclic amines) is 1. The van der Waals surface area contributed by atoms with E-state index < -0.39 is 32.7 Å². The molecule has 0 aliphatic carbocycles. The zero-order chi connectivity index (χ0) is 18.6. The molecule has 1 atom stereocenters. The summed E-state index contributed by atoms with van der Waals surface area (Å²) >= 11 is 0. The maximum atomic E-state index is 13.7. The summed E-state index contributed by atoms with van der Waals surface area (Å²) in [5.74, 6) is -1.36. The second kappa shape index (κ2) is 7.92. The lowest BCUT2D eigenvalue weighted by Gasteiger charge is -2.32. The van der Waals surface area contributed by atoms with E-state index in [4.69, 9.17) is 0 Å². The van der Waals surface area contributed by atoms with Gasteiger partial charge in [0.15, 0.2) is 0 Å². The van der Waals surface area contributed by atoms with Gasteiger partial charge >= 0.3 is 0 Å². The van der Waals surface area contributed by atoms with Gasteiger partial charge in [0.05, 0.1) is 6.04 Å². The van der Waals surface area contributed by atoms with Crippen LogP contribution in [-0.2, 0) is 19.6 Å². The number of nitrogens with zero attached hydrogens (tertiary/aromatic N) is 1. The van der Waals surface area contributed by atoms with E-state index >= 15 is 0 Å². The van der Waals surface area contributed by atoms with Crippen molar-refractivity contribution in [1.29, 1.82) is 0 Å². The van der Waals surface area contributed by atoms with E-state index in [-0.39, 0.29) is 11.9 Å². The van der Waals surface area contributed by atoms with Crippen LogP contribution in [0.3, 0.4) is 0 Å². The maximum Gasteiger partial charge on any atom is 0.244 e. The van der Waals surface area contributed by atoms with E-state index in [9.17, 15) is 22.4 Å². The van der Waals surface area contributed by atoms with Crippen LogP contribution in [0.1, 0.15) is 26.7 Å². The topological polar surface area (TPSA) is 95.6 Å². The quantitative estimate of drug-likeness (QED) is 0.793. The Bertz CT molecular complexity index is 746. The smallest absolute Gasteiger partial charge is 0.244 e. The van der Waals surface area contributed by atoms with Gasteiger partial charge in [-0.15, -0.1) is 0 Å². The second-order valence-electron chi connectivity index (χ2n) is 6.06. The van der Waals surface area contributed by atoms with Gasteiger partial charge in [-0.25, -0.2) is 12.8 Å². The molecule has 1 aliphatic heterocycles. The number of sulfonamides is 1. The number of benzene rings is 1. The molecule has 1 aliphatic rings. The summed E-state index contributed by atoms with van der Waals surface area (Å²) in [6.07, 6.45) is 1.22. The van der Waals surface area contributed by atoms with Gasteiger partial charge in [-0.1, -0.05) is 12.1 Å². The molecule has 2 N–H and O–H groups in total. The van der Waals surface area contributed by atoms with Gasteiger partial charge in [-0.2, -0.15) is 4.72 Å². The summed E-state index contributed by atoms with van der Waals surface area (Å²) in [6.45, 7) is 4.00. The molecule has 2 rings (SSSR count). The molecule has 1 fully saturated rings. The average molecular weight is 371 g/mol. The third-order valence-corrected chi connectivity index (χ3v) is 5.71. The SMILES string of the molecule is CC(=O)N1CCC(NC(=O)[C@H](C)NS(=O)(=O)c2ccccc2F)CC1. The lowest BCUT2D eigenvalue weighted by atomic mass is 10.0. The average Bonchev–Trinajstić information content (AvgIpc) is 2.55. The van der Waals surface area contributed by atoms with Gasteiger partial charge in [0, 0.05) is 26.1 Å². The van der Waals surface area contributed by atoms with E-state index in [0.717, 1.165) is 12.1 Å². The van der Waals surface area contributed by atoms with Crippen molar-refractivity contribution in [3.05, 3.63) is 30.1 Å². The Labute approximate surface area is 146 Å². The Hall–Kier alpha value is -2.00. The monoisotopic (exact) mass is 371 g/mol. The van der Waals surface area contributed by atoms with Crippen LogP contribution in [0.15, 0.2) is 29.2 Å². The highest BCUT2D eigenvalue weighted by Crippen LogP contribution is 2.14. The molecule has 0 bridgehead atoms. The van der Waals surface area contributed by atoms with Crippen LogP contribution in [0.4, 0.5) is 4.39 Å². The molecule has 1 aromatic carbocycles. The maximum absolute atomic E-state index is 13.7. The van der Waals surface area contributed by atoms with E-state index in [1.54, 1.807) is 4.90 Å². The van der Waals surface area contributed by atoms with Crippen LogP contribution in [0.5, 0.6) is 0 Å². The first-order chi connectivity index (χ1) is 11.7. The molecular weight excluding hydrogens is 349 g/mol. The van der Waals surface area contributed by atoms with E-state index in [2.05, 4.69) is 10.0 Å². The molecule has 1 saturated heterocycles. The number of rotatable bonds is 5. The Morgan fingerprint density at radius 3 is 2.40 bits per heavy atom. The van der Waals surface area contributed by atoms with Gasteiger partial charge in [0.2, 0.25) is 21.8 Å². The van der Waals surface area contributed by atoms with Gasteiger partial charge < -0.3 is 10.2 Å². The number of piperidine rings is 1. The molecule has 7 nitrogen and oxygen atoms in total. The number of carbonyl (C=O) groups is 2. The van der Waals surface area contributed by atoms with Crippen molar-refractivity contribution in [1.82, 2.24) is 14.9 Å². The first-order valence-corrected chi connectivity index (χ1v) is 9.52. The molecule has 1 aromatic rings. The van der Waals surface area contributed by atoms with Crippen molar-refractivity contribution in [2.45, 2.75) is 43.7 Å². The number of halogens is 1. The normalized spacial score (nSPS) is 17.2. The van der Waals surface area contributed by atoms with E-state index in [1.807, 2.05) is 0 Å². The van der Waals surface area contributed by atoms with Crippen molar-refractivity contribution in [3.8, 4) is 0 Å². The highest BCUT2D eigenvalue weighted by Gasteiger charge is 2.27. The summed E-state index contributed by atoms with van der Waals surface area (Å²) in [7, 11) is -4.13. The minimum atomic E-state index is -4.13. The number of amides is 2. The van der Waals surface area contributed by atoms with E-state index in [1.165, 1.54) is 26.0 Å². The highest BCUT2D eigenvalue weighted by molar-refractivity contribution is 7.89. The zero-order valence-electron chi connectivity index (χ0n) is 14.2. The van der Waals surface area contributed by atoms with Gasteiger partial charge in [-0.3, -0.25) is 9.59 Å². The van der Waals surface area contributed by atoms with Crippen molar-refractivity contribution in [3.63, 3.8) is 0 Å². The summed E-state index contributed by atoms with van der Waals surface area (Å²) in [4.78, 5) is 24.7. The molecule has 0 radical (unpaired) electrons. The molecule has 9 heteroatoms. The minimum Gasteiger partial charge on any atom is -0.352 e. The summed E-state index contributed by atoms with van der Waals surface area (Å²) < 4.78 is 40.3. The Morgan fingerprint density at radius 2 is 1.84 bits per heavy atom. The molecule has 1 heterocycles. The molecule has 138 valence electrons. The Morgan fingerprint density at radius 1 is 1.24 bits per heavy atom. The van der Waals surface area contributed by atoms with Crippen LogP contribution >= 0.6 is 0 Å². The van der Waals surface area contributed by atoms with Crippen LogP contribution in [0.25, 0.3) is 0 Å². The number of carbonyl (C=O) groups excluding carboxylic acids is 2. The van der Waals surface area contributed by atoms with Gasteiger partial charge in [-0.05, 0) is 31.9 Å². The van der Waals surface area contributed by atoms with Crippen LogP contribution in [0, 0.1) is 5.82 Å². The van der Waals surface area contributed by atoms with Crippen LogP contribution in [0.2, 0.25) is 0 Å². The van der Waals surface area contributed by atoms with Crippen molar-refractivity contribution in [2.24, 2.45) is 0 Å². The Balaban J connectivity index is 1.92. The molecule has 0 unspecified atom stereocenters. The fourth-order valence-corrected chi connectivity index (χ4v) is 3.96. The largest absolute Gasteiger partial charge is 0.352 e. The molecule has 2 amide bonds. The molecule has 0 aromatic heterocycles. The second-order valence-corrected chi connectivity index (χ2v) is 7.74. The highest BCUT2D eigenvalue weighted by atomic mass is 32.2. The molecular formula is C16H22FN3O4S. The van der Waals surface area contributed by atoms with Crippen molar-refractivity contribution in [2.75, 3.05) is 13.1 Å². The van der Waals surface area contributed by atoms with Gasteiger partial charge in [0.1, 0.15) is 10.7 Å². The summed E-state index contributed by atoms with van der Waals surface area (Å²) in [5, 5.41) is 2.77. The fraction of sp³-hybridized carbons (Fsp3) is 0.500. The molecule has 25 heavy (non-hydrogen) atoms. The lowest BCUT2D eigenvalue weighted by Crippen LogP contribution is -2.51.